The van der Waals surface area contributed by atoms with Crippen LogP contribution in [-0.2, 0) is 9.53 Å². The second-order valence-corrected chi connectivity index (χ2v) is 5.17. The number of benzene rings is 2. The number of amides is 1. The Hall–Kier alpha value is -2.14. The maximum Gasteiger partial charge on any atom is 0.333 e. The Balaban J connectivity index is 2.26. The maximum atomic E-state index is 12.3. The normalized spacial score (nSPS) is 11.5. The number of halogens is 1. The molecule has 21 heavy (non-hydrogen) atoms. The minimum absolute atomic E-state index is 0.346. The van der Waals surface area contributed by atoms with Crippen molar-refractivity contribution in [3.8, 4) is 0 Å². The molecule has 4 nitrogen and oxygen atoms in total. The lowest BCUT2D eigenvalue weighted by molar-refractivity contribution is -0.143. The smallest absolute Gasteiger partial charge is 0.333 e. The number of rotatable bonds is 4. The van der Waals surface area contributed by atoms with Crippen molar-refractivity contribution in [1.82, 2.24) is 5.32 Å². The van der Waals surface area contributed by atoms with E-state index < -0.39 is 12.0 Å². The van der Waals surface area contributed by atoms with Crippen LogP contribution < -0.4 is 5.32 Å². The average Bonchev–Trinajstić information content (AvgIpc) is 2.53. The molecule has 0 spiro atoms. The number of carbonyl (C=O) groups excluding carboxylic acids is 2. The van der Waals surface area contributed by atoms with Crippen LogP contribution in [0.3, 0.4) is 0 Å². The first-order chi connectivity index (χ1) is 10.1. The molecule has 0 aliphatic carbocycles. The quantitative estimate of drug-likeness (QED) is 0.864. The van der Waals surface area contributed by atoms with Gasteiger partial charge in [-0.2, -0.15) is 0 Å². The SMILES string of the molecule is COC(=O)[C@@H](NC(=O)c1ccccc1Br)c1ccccc1. The summed E-state index contributed by atoms with van der Waals surface area (Å²) < 4.78 is 5.43. The summed E-state index contributed by atoms with van der Waals surface area (Å²) in [6.45, 7) is 0. The van der Waals surface area contributed by atoms with Crippen molar-refractivity contribution >= 4 is 27.8 Å². The molecule has 0 heterocycles. The summed E-state index contributed by atoms with van der Waals surface area (Å²) in [4.78, 5) is 24.2. The van der Waals surface area contributed by atoms with E-state index >= 15 is 0 Å². The highest BCUT2D eigenvalue weighted by Crippen LogP contribution is 2.19. The molecule has 0 aliphatic rings. The van der Waals surface area contributed by atoms with Crippen LogP contribution in [-0.4, -0.2) is 19.0 Å². The molecular weight excluding hydrogens is 334 g/mol. The third-order valence-corrected chi connectivity index (χ3v) is 3.66. The van der Waals surface area contributed by atoms with Gasteiger partial charge in [-0.3, -0.25) is 4.79 Å². The minimum Gasteiger partial charge on any atom is -0.467 e. The number of nitrogens with one attached hydrogen (secondary N) is 1. The molecule has 2 aromatic rings. The molecule has 0 radical (unpaired) electrons. The van der Waals surface area contributed by atoms with Gasteiger partial charge in [-0.25, -0.2) is 4.79 Å². The van der Waals surface area contributed by atoms with Crippen LogP contribution in [0.5, 0.6) is 0 Å². The molecule has 0 fully saturated rings. The largest absolute Gasteiger partial charge is 0.467 e. The first-order valence-corrected chi connectivity index (χ1v) is 7.11. The van der Waals surface area contributed by atoms with Gasteiger partial charge in [0.1, 0.15) is 0 Å². The fourth-order valence-electron chi connectivity index (χ4n) is 1.90. The second kappa shape index (κ2) is 7.04. The van der Waals surface area contributed by atoms with E-state index in [2.05, 4.69) is 21.2 Å². The van der Waals surface area contributed by atoms with Gasteiger partial charge in [0, 0.05) is 4.47 Å². The number of methoxy groups -OCH3 is 1. The molecule has 0 bridgehead atoms. The van der Waals surface area contributed by atoms with Crippen molar-refractivity contribution in [3.63, 3.8) is 0 Å². The molecule has 0 unspecified atom stereocenters. The zero-order valence-electron chi connectivity index (χ0n) is 11.4. The Bertz CT molecular complexity index is 643. The number of carbonyl (C=O) groups is 2. The van der Waals surface area contributed by atoms with Gasteiger partial charge in [0.15, 0.2) is 6.04 Å². The van der Waals surface area contributed by atoms with Crippen molar-refractivity contribution in [2.75, 3.05) is 7.11 Å². The highest BCUT2D eigenvalue weighted by atomic mass is 79.9. The van der Waals surface area contributed by atoms with E-state index in [4.69, 9.17) is 4.74 Å². The molecular formula is C16H14BrNO3. The molecule has 1 amide bonds. The highest BCUT2D eigenvalue weighted by Gasteiger charge is 2.24. The number of hydrogen-bond acceptors (Lipinski definition) is 3. The highest BCUT2D eigenvalue weighted by molar-refractivity contribution is 9.10. The van der Waals surface area contributed by atoms with Crippen LogP contribution >= 0.6 is 15.9 Å². The Morgan fingerprint density at radius 2 is 1.67 bits per heavy atom. The summed E-state index contributed by atoms with van der Waals surface area (Å²) >= 11 is 3.32. The van der Waals surface area contributed by atoms with Crippen molar-refractivity contribution in [1.29, 1.82) is 0 Å². The van der Waals surface area contributed by atoms with Crippen LogP contribution in [0.2, 0.25) is 0 Å². The van der Waals surface area contributed by atoms with Gasteiger partial charge < -0.3 is 10.1 Å². The second-order valence-electron chi connectivity index (χ2n) is 4.32. The summed E-state index contributed by atoms with van der Waals surface area (Å²) in [6.07, 6.45) is 0. The van der Waals surface area contributed by atoms with Gasteiger partial charge in [0.2, 0.25) is 0 Å². The standard InChI is InChI=1S/C16H14BrNO3/c1-21-16(20)14(11-7-3-2-4-8-11)18-15(19)12-9-5-6-10-13(12)17/h2-10,14H,1H3,(H,18,19)/t14-/m0/s1. The van der Waals surface area contributed by atoms with E-state index in [1.807, 2.05) is 12.1 Å². The van der Waals surface area contributed by atoms with Crippen LogP contribution in [0.15, 0.2) is 59.1 Å². The lowest BCUT2D eigenvalue weighted by atomic mass is 10.1. The lowest BCUT2D eigenvalue weighted by Gasteiger charge is -2.17. The van der Waals surface area contributed by atoms with Gasteiger partial charge in [0.05, 0.1) is 12.7 Å². The summed E-state index contributed by atoms with van der Waals surface area (Å²) in [5, 5.41) is 2.70. The van der Waals surface area contributed by atoms with Gasteiger partial charge >= 0.3 is 5.97 Å². The fourth-order valence-corrected chi connectivity index (χ4v) is 2.36. The topological polar surface area (TPSA) is 55.4 Å². The molecule has 1 atom stereocenters. The summed E-state index contributed by atoms with van der Waals surface area (Å²) in [5.41, 5.74) is 1.13. The van der Waals surface area contributed by atoms with E-state index in [1.54, 1.807) is 42.5 Å². The number of hydrogen-bond donors (Lipinski definition) is 1. The first kappa shape index (κ1) is 15.3. The predicted octanol–water partition coefficient (Wildman–Crippen LogP) is 3.09. The van der Waals surface area contributed by atoms with Crippen LogP contribution in [0.25, 0.3) is 0 Å². The van der Waals surface area contributed by atoms with E-state index in [0.29, 0.717) is 15.6 Å². The lowest BCUT2D eigenvalue weighted by Crippen LogP contribution is -2.34. The third kappa shape index (κ3) is 3.70. The van der Waals surface area contributed by atoms with Crippen molar-refractivity contribution < 1.29 is 14.3 Å². The molecule has 0 saturated carbocycles. The summed E-state index contributed by atoms with van der Waals surface area (Å²) in [7, 11) is 1.29. The van der Waals surface area contributed by atoms with Crippen LogP contribution in [0.4, 0.5) is 0 Å². The van der Waals surface area contributed by atoms with E-state index in [9.17, 15) is 9.59 Å². The zero-order chi connectivity index (χ0) is 15.2. The fraction of sp³-hybridized carbons (Fsp3) is 0.125. The predicted molar refractivity (Wildman–Crippen MR) is 82.8 cm³/mol. The molecule has 2 rings (SSSR count). The Kier molecular flexibility index (Phi) is 5.11. The number of esters is 1. The molecule has 0 aliphatic heterocycles. The van der Waals surface area contributed by atoms with Crippen molar-refractivity contribution in [3.05, 3.63) is 70.2 Å². The Morgan fingerprint density at radius 1 is 1.05 bits per heavy atom. The average molecular weight is 348 g/mol. The molecule has 5 heteroatoms. The summed E-state index contributed by atoms with van der Waals surface area (Å²) in [5.74, 6) is -0.858. The van der Waals surface area contributed by atoms with Crippen LogP contribution in [0.1, 0.15) is 22.0 Å². The van der Waals surface area contributed by atoms with Crippen molar-refractivity contribution in [2.45, 2.75) is 6.04 Å². The molecule has 108 valence electrons. The Morgan fingerprint density at radius 3 is 2.29 bits per heavy atom. The zero-order valence-corrected chi connectivity index (χ0v) is 13.0. The summed E-state index contributed by atoms with van der Waals surface area (Å²) in [6, 6.07) is 15.2. The van der Waals surface area contributed by atoms with Crippen molar-refractivity contribution in [2.24, 2.45) is 0 Å². The van der Waals surface area contributed by atoms with Crippen LogP contribution in [0, 0.1) is 0 Å². The van der Waals surface area contributed by atoms with Gasteiger partial charge in [0.25, 0.3) is 5.91 Å². The molecule has 1 N–H and O–H groups in total. The first-order valence-electron chi connectivity index (χ1n) is 6.31. The molecule has 0 saturated heterocycles. The third-order valence-electron chi connectivity index (χ3n) is 2.96. The van der Waals surface area contributed by atoms with Gasteiger partial charge in [-0.1, -0.05) is 42.5 Å². The molecule has 0 aromatic heterocycles. The van der Waals surface area contributed by atoms with E-state index in [1.165, 1.54) is 7.11 Å². The molecule has 2 aromatic carbocycles. The number of ether oxygens (including phenoxy) is 1. The Labute approximate surface area is 131 Å². The minimum atomic E-state index is -0.837. The monoisotopic (exact) mass is 347 g/mol. The van der Waals surface area contributed by atoms with E-state index in [0.717, 1.165) is 0 Å². The van der Waals surface area contributed by atoms with Gasteiger partial charge in [-0.05, 0) is 33.6 Å². The van der Waals surface area contributed by atoms with Gasteiger partial charge in [-0.15, -0.1) is 0 Å². The van der Waals surface area contributed by atoms with E-state index in [-0.39, 0.29) is 5.91 Å². The maximum absolute atomic E-state index is 12.3.